The molecule has 82 valence electrons. The normalized spacial score (nSPS) is 10.4. The Balaban J connectivity index is 2.58. The molecule has 2 nitrogen and oxygen atoms in total. The average Bonchev–Trinajstić information content (AvgIpc) is 2.15. The molecule has 0 spiro atoms. The van der Waals surface area contributed by atoms with Gasteiger partial charge in [0.1, 0.15) is 11.6 Å². The van der Waals surface area contributed by atoms with Gasteiger partial charge in [0.05, 0.1) is 0 Å². The second-order valence-corrected chi connectivity index (χ2v) is 3.24. The zero-order valence-corrected chi connectivity index (χ0v) is 7.99. The molecule has 2 aromatic rings. The van der Waals surface area contributed by atoms with E-state index in [4.69, 9.17) is 5.21 Å². The van der Waals surface area contributed by atoms with Crippen LogP contribution < -0.4 is 4.73 Å². The fourth-order valence-electron chi connectivity index (χ4n) is 1.40. The Labute approximate surface area is 89.2 Å². The van der Waals surface area contributed by atoms with E-state index >= 15 is 0 Å². The summed E-state index contributed by atoms with van der Waals surface area (Å²) >= 11 is 0. The molecule has 5 heteroatoms. The number of hydrogen-bond acceptors (Lipinski definition) is 1. The zero-order valence-electron chi connectivity index (χ0n) is 7.99. The van der Waals surface area contributed by atoms with E-state index in [-0.39, 0.29) is 11.1 Å². The standard InChI is InChI=1S/C11H7F3NO/c12-8-3-7(4-9(13)5-8)10-1-2-15(16)6-11(10)14/h1-6,16H/q+1. The second kappa shape index (κ2) is 3.84. The monoisotopic (exact) mass is 226 g/mol. The molecule has 0 saturated heterocycles. The maximum Gasteiger partial charge on any atom is 0.258 e. The molecule has 2 rings (SSSR count). The molecule has 0 unspecified atom stereocenters. The van der Waals surface area contributed by atoms with Crippen molar-refractivity contribution in [3.05, 3.63) is 54.1 Å². The smallest absolute Gasteiger partial charge is 0.258 e. The Morgan fingerprint density at radius 1 is 1.00 bits per heavy atom. The first-order chi connectivity index (χ1) is 7.56. The van der Waals surface area contributed by atoms with Gasteiger partial charge in [-0.25, -0.2) is 8.78 Å². The van der Waals surface area contributed by atoms with Gasteiger partial charge in [-0.1, -0.05) is 0 Å². The Morgan fingerprint density at radius 3 is 2.19 bits per heavy atom. The van der Waals surface area contributed by atoms with E-state index in [0.29, 0.717) is 10.8 Å². The van der Waals surface area contributed by atoms with Crippen LogP contribution in [0.2, 0.25) is 0 Å². The summed E-state index contributed by atoms with van der Waals surface area (Å²) in [5.74, 6) is -2.33. The van der Waals surface area contributed by atoms with Gasteiger partial charge in [0.2, 0.25) is 6.20 Å². The third-order valence-electron chi connectivity index (χ3n) is 2.07. The van der Waals surface area contributed by atoms with Gasteiger partial charge in [0, 0.05) is 22.4 Å². The summed E-state index contributed by atoms with van der Waals surface area (Å²) in [6, 6.07) is 3.96. The van der Waals surface area contributed by atoms with Gasteiger partial charge in [0.25, 0.3) is 6.20 Å². The molecule has 16 heavy (non-hydrogen) atoms. The average molecular weight is 226 g/mol. The van der Waals surface area contributed by atoms with Crippen molar-refractivity contribution >= 4 is 0 Å². The van der Waals surface area contributed by atoms with Gasteiger partial charge in [-0.2, -0.15) is 4.39 Å². The maximum atomic E-state index is 13.4. The topological polar surface area (TPSA) is 24.1 Å². The minimum Gasteiger partial charge on any atom is -0.285 e. The van der Waals surface area contributed by atoms with Crippen LogP contribution >= 0.6 is 0 Å². The van der Waals surface area contributed by atoms with Crippen molar-refractivity contribution in [3.8, 4) is 11.1 Å². The number of aromatic nitrogens is 1. The highest BCUT2D eigenvalue weighted by atomic mass is 19.1. The van der Waals surface area contributed by atoms with Crippen molar-refractivity contribution in [2.24, 2.45) is 0 Å². The molecule has 0 saturated carbocycles. The lowest BCUT2D eigenvalue weighted by atomic mass is 10.1. The number of pyridine rings is 1. The van der Waals surface area contributed by atoms with Crippen LogP contribution in [-0.4, -0.2) is 5.21 Å². The molecule has 0 amide bonds. The highest BCUT2D eigenvalue weighted by Crippen LogP contribution is 2.23. The summed E-state index contributed by atoms with van der Waals surface area (Å²) in [6.45, 7) is 0. The first-order valence-corrected chi connectivity index (χ1v) is 4.43. The predicted molar refractivity (Wildman–Crippen MR) is 49.1 cm³/mol. The number of hydrogen-bond donors (Lipinski definition) is 1. The predicted octanol–water partition coefficient (Wildman–Crippen LogP) is 2.30. The van der Waals surface area contributed by atoms with Crippen molar-refractivity contribution in [2.45, 2.75) is 0 Å². The molecule has 0 aliphatic rings. The lowest BCUT2D eigenvalue weighted by molar-refractivity contribution is -0.905. The van der Waals surface area contributed by atoms with E-state index in [0.717, 1.165) is 18.3 Å². The summed E-state index contributed by atoms with van der Waals surface area (Å²) < 4.78 is 39.7. The molecule has 1 heterocycles. The molecule has 0 aliphatic carbocycles. The molecule has 0 bridgehead atoms. The molecular weight excluding hydrogens is 219 g/mol. The minimum atomic E-state index is -0.782. The maximum absolute atomic E-state index is 13.4. The molecule has 0 atom stereocenters. The molecule has 1 N–H and O–H groups in total. The van der Waals surface area contributed by atoms with Crippen LogP contribution in [0.4, 0.5) is 13.2 Å². The highest BCUT2D eigenvalue weighted by molar-refractivity contribution is 5.63. The Kier molecular flexibility index (Phi) is 2.52. The van der Waals surface area contributed by atoms with Crippen LogP contribution in [0.25, 0.3) is 11.1 Å². The molecule has 1 aromatic carbocycles. The van der Waals surface area contributed by atoms with Gasteiger partial charge in [-0.05, 0) is 17.7 Å². The van der Waals surface area contributed by atoms with Gasteiger partial charge >= 0.3 is 0 Å². The molecule has 1 aromatic heterocycles. The van der Waals surface area contributed by atoms with E-state index in [9.17, 15) is 13.2 Å². The second-order valence-electron chi connectivity index (χ2n) is 3.24. The summed E-state index contributed by atoms with van der Waals surface area (Å²) in [6.07, 6.45) is 1.97. The van der Waals surface area contributed by atoms with Crippen molar-refractivity contribution in [1.82, 2.24) is 0 Å². The largest absolute Gasteiger partial charge is 0.285 e. The van der Waals surface area contributed by atoms with E-state index in [2.05, 4.69) is 0 Å². The third kappa shape index (κ3) is 1.98. The number of rotatable bonds is 1. The first kappa shape index (κ1) is 10.5. The van der Waals surface area contributed by atoms with E-state index < -0.39 is 17.5 Å². The fourth-order valence-corrected chi connectivity index (χ4v) is 1.40. The van der Waals surface area contributed by atoms with Gasteiger partial charge in [-0.3, -0.25) is 5.21 Å². The van der Waals surface area contributed by atoms with Gasteiger partial charge in [-0.15, -0.1) is 0 Å². The quantitative estimate of drug-likeness (QED) is 0.585. The minimum absolute atomic E-state index is 0.0173. The van der Waals surface area contributed by atoms with Crippen LogP contribution in [0, 0.1) is 17.5 Å². The summed E-state index contributed by atoms with van der Waals surface area (Å²) in [7, 11) is 0. The highest BCUT2D eigenvalue weighted by Gasteiger charge is 2.12. The fraction of sp³-hybridized carbons (Fsp3) is 0. The summed E-state index contributed by atoms with van der Waals surface area (Å²) in [5.41, 5.74) is 0.0966. The van der Waals surface area contributed by atoms with Gasteiger partial charge in [0.15, 0.2) is 5.82 Å². The summed E-state index contributed by atoms with van der Waals surface area (Å²) in [5, 5.41) is 8.92. The zero-order chi connectivity index (χ0) is 11.7. The van der Waals surface area contributed by atoms with Crippen molar-refractivity contribution in [2.75, 3.05) is 0 Å². The number of benzene rings is 1. The van der Waals surface area contributed by atoms with Crippen molar-refractivity contribution in [1.29, 1.82) is 0 Å². The van der Waals surface area contributed by atoms with E-state index in [1.54, 1.807) is 0 Å². The van der Waals surface area contributed by atoms with Crippen molar-refractivity contribution < 1.29 is 23.1 Å². The molecule has 0 fully saturated rings. The Bertz CT molecular complexity index is 522. The molecular formula is C11H7F3NO+. The van der Waals surface area contributed by atoms with Crippen molar-refractivity contribution in [3.63, 3.8) is 0 Å². The number of halogens is 3. The van der Waals surface area contributed by atoms with Gasteiger partial charge < -0.3 is 0 Å². The number of nitrogens with zero attached hydrogens (tertiary/aromatic N) is 1. The van der Waals surface area contributed by atoms with E-state index in [1.807, 2.05) is 0 Å². The molecule has 0 aliphatic heterocycles. The van der Waals surface area contributed by atoms with Crippen LogP contribution in [0.5, 0.6) is 0 Å². The third-order valence-corrected chi connectivity index (χ3v) is 2.07. The van der Waals surface area contributed by atoms with Crippen LogP contribution in [0.3, 0.4) is 0 Å². The van der Waals surface area contributed by atoms with Crippen LogP contribution in [0.1, 0.15) is 0 Å². The lowest BCUT2D eigenvalue weighted by Crippen LogP contribution is -2.29. The Hall–Kier alpha value is -2.04. The SMILES string of the molecule is O[n+]1ccc(-c2cc(F)cc(F)c2)c(F)c1. The summed E-state index contributed by atoms with van der Waals surface area (Å²) in [4.78, 5) is 0. The first-order valence-electron chi connectivity index (χ1n) is 4.43. The lowest BCUT2D eigenvalue weighted by Gasteiger charge is -2.01. The van der Waals surface area contributed by atoms with E-state index in [1.165, 1.54) is 12.3 Å². The van der Waals surface area contributed by atoms with Crippen LogP contribution in [-0.2, 0) is 0 Å². The van der Waals surface area contributed by atoms with Crippen LogP contribution in [0.15, 0.2) is 36.7 Å². The molecule has 0 radical (unpaired) electrons. The Morgan fingerprint density at radius 2 is 1.62 bits per heavy atom.